The lowest BCUT2D eigenvalue weighted by Crippen LogP contribution is -2.64. The largest absolute Gasteiger partial charge is 0.508 e. The first kappa shape index (κ1) is 22.1. The van der Waals surface area contributed by atoms with Crippen molar-refractivity contribution in [2.45, 2.75) is 41.3 Å². The molecule has 174 valence electrons. The zero-order chi connectivity index (χ0) is 22.3. The van der Waals surface area contributed by atoms with Crippen LogP contribution >= 0.6 is 11.3 Å². The molecule has 4 atom stereocenters. The summed E-state index contributed by atoms with van der Waals surface area (Å²) in [6.45, 7) is 3.26. The fraction of sp³-hybridized carbons (Fsp3) is 0.545. The summed E-state index contributed by atoms with van der Waals surface area (Å²) in [5.74, 6) is 0.209. The number of piperidine rings is 1. The van der Waals surface area contributed by atoms with Crippen LogP contribution in [0.4, 0.5) is 5.69 Å². The number of rotatable bonds is 5. The van der Waals surface area contributed by atoms with Gasteiger partial charge in [-0.15, -0.1) is 11.3 Å². The Labute approximate surface area is 192 Å². The van der Waals surface area contributed by atoms with Crippen molar-refractivity contribution in [2.75, 3.05) is 44.3 Å². The maximum Gasteiger partial charge on any atom is 0.252 e. The van der Waals surface area contributed by atoms with E-state index >= 15 is 0 Å². The molecular formula is C22H29N3O5S2. The maximum absolute atomic E-state index is 13.2. The molecule has 0 aliphatic carbocycles. The third kappa shape index (κ3) is 4.27. The van der Waals surface area contributed by atoms with Crippen LogP contribution in [-0.2, 0) is 14.8 Å². The van der Waals surface area contributed by atoms with Crippen molar-refractivity contribution < 1.29 is 23.4 Å². The molecule has 4 heterocycles. The Kier molecular flexibility index (Phi) is 6.17. The number of fused-ring (bicyclic) bond motifs is 2. The average molecular weight is 480 g/mol. The predicted octanol–water partition coefficient (Wildman–Crippen LogP) is 1.56. The van der Waals surface area contributed by atoms with Crippen molar-refractivity contribution in [1.82, 2.24) is 9.21 Å². The van der Waals surface area contributed by atoms with E-state index in [1.807, 2.05) is 12.1 Å². The number of aliphatic hydroxyl groups excluding tert-OH is 1. The zero-order valence-corrected chi connectivity index (χ0v) is 19.4. The second kappa shape index (κ2) is 8.92. The lowest BCUT2D eigenvalue weighted by molar-refractivity contribution is -0.107. The molecule has 3 saturated heterocycles. The summed E-state index contributed by atoms with van der Waals surface area (Å²) in [6.07, 6.45) is 1.06. The van der Waals surface area contributed by atoms with E-state index in [-0.39, 0.29) is 30.0 Å². The van der Waals surface area contributed by atoms with Gasteiger partial charge in [0.25, 0.3) is 10.0 Å². The molecule has 0 spiro atoms. The minimum atomic E-state index is -3.53. The summed E-state index contributed by atoms with van der Waals surface area (Å²) in [5, 5.41) is 21.8. The number of sulfonamides is 1. The van der Waals surface area contributed by atoms with Crippen LogP contribution in [0.1, 0.15) is 12.8 Å². The monoisotopic (exact) mass is 479 g/mol. The smallest absolute Gasteiger partial charge is 0.252 e. The summed E-state index contributed by atoms with van der Waals surface area (Å²) in [7, 11) is -3.53. The van der Waals surface area contributed by atoms with Crippen molar-refractivity contribution in [3.8, 4) is 5.75 Å². The lowest BCUT2D eigenvalue weighted by Gasteiger charge is -2.51. The van der Waals surface area contributed by atoms with Gasteiger partial charge in [-0.3, -0.25) is 4.90 Å². The van der Waals surface area contributed by atoms with E-state index in [0.717, 1.165) is 5.69 Å². The van der Waals surface area contributed by atoms with E-state index < -0.39 is 10.0 Å². The highest BCUT2D eigenvalue weighted by Crippen LogP contribution is 2.32. The SMILES string of the molecule is O=S(=O)(c1cccs1)N1CCN(c2ccc(O)cc2)[C@@H](CN2[C@@H]3COC[C@H]2CC(O)C3)C1. The van der Waals surface area contributed by atoms with Crippen LogP contribution < -0.4 is 4.90 Å². The Hall–Kier alpha value is -1.69. The van der Waals surface area contributed by atoms with Gasteiger partial charge in [-0.2, -0.15) is 4.31 Å². The van der Waals surface area contributed by atoms with Gasteiger partial charge in [0.2, 0.25) is 0 Å². The van der Waals surface area contributed by atoms with Crippen molar-refractivity contribution in [1.29, 1.82) is 0 Å². The van der Waals surface area contributed by atoms with Crippen LogP contribution in [0.25, 0.3) is 0 Å². The fourth-order valence-electron chi connectivity index (χ4n) is 5.23. The number of phenols is 1. The highest BCUT2D eigenvalue weighted by Gasteiger charge is 2.42. The van der Waals surface area contributed by atoms with Crippen molar-refractivity contribution >= 4 is 27.0 Å². The third-order valence-corrected chi connectivity index (χ3v) is 10.0. The molecule has 2 N–H and O–H groups in total. The molecule has 0 amide bonds. The van der Waals surface area contributed by atoms with E-state index in [2.05, 4.69) is 9.80 Å². The highest BCUT2D eigenvalue weighted by molar-refractivity contribution is 7.91. The molecule has 1 aromatic heterocycles. The Morgan fingerprint density at radius 3 is 2.44 bits per heavy atom. The molecule has 3 fully saturated rings. The number of morpholine rings is 1. The molecule has 10 heteroatoms. The molecule has 1 unspecified atom stereocenters. The number of piperazine rings is 1. The van der Waals surface area contributed by atoms with Crippen LogP contribution in [0, 0.1) is 0 Å². The van der Waals surface area contributed by atoms with E-state index in [4.69, 9.17) is 4.74 Å². The zero-order valence-electron chi connectivity index (χ0n) is 17.8. The van der Waals surface area contributed by atoms with Crippen molar-refractivity contribution in [2.24, 2.45) is 0 Å². The normalized spacial score (nSPS) is 29.8. The number of aromatic hydroxyl groups is 1. The number of hydrogen-bond acceptors (Lipinski definition) is 8. The molecule has 0 radical (unpaired) electrons. The summed E-state index contributed by atoms with van der Waals surface area (Å²) >= 11 is 1.25. The number of ether oxygens (including phenoxy) is 1. The van der Waals surface area contributed by atoms with Gasteiger partial charge in [-0.25, -0.2) is 8.42 Å². The van der Waals surface area contributed by atoms with Gasteiger partial charge >= 0.3 is 0 Å². The first-order valence-electron chi connectivity index (χ1n) is 11.0. The fourth-order valence-corrected chi connectivity index (χ4v) is 7.84. The molecule has 8 nitrogen and oxygen atoms in total. The standard InChI is InChI=1S/C22H29N3O5S2/c26-20-5-3-16(4-6-20)24-8-7-23(32(28,29)22-2-1-9-31-22)12-19(24)13-25-17-10-21(27)11-18(25)15-30-14-17/h1-6,9,17-19,21,26-27H,7-8,10-15H2/t17-,18+,19-,21?/m1/s1. The summed E-state index contributed by atoms with van der Waals surface area (Å²) < 4.78 is 34.2. The van der Waals surface area contributed by atoms with Crippen LogP contribution in [0.2, 0.25) is 0 Å². The summed E-state index contributed by atoms with van der Waals surface area (Å²) in [6, 6.07) is 10.8. The number of anilines is 1. The minimum absolute atomic E-state index is 0.0543. The Morgan fingerprint density at radius 1 is 1.06 bits per heavy atom. The summed E-state index contributed by atoms with van der Waals surface area (Å²) in [5.41, 5.74) is 0.972. The molecule has 1 aromatic carbocycles. The first-order chi connectivity index (χ1) is 15.4. The number of phenolic OH excluding ortho intramolecular Hbond substituents is 1. The second-order valence-corrected chi connectivity index (χ2v) is 11.9. The predicted molar refractivity (Wildman–Crippen MR) is 123 cm³/mol. The molecule has 2 aromatic rings. The minimum Gasteiger partial charge on any atom is -0.508 e. The third-order valence-electron chi connectivity index (χ3n) is 6.78. The Balaban J connectivity index is 1.42. The van der Waals surface area contributed by atoms with Gasteiger partial charge in [0.1, 0.15) is 9.96 Å². The molecule has 32 heavy (non-hydrogen) atoms. The maximum atomic E-state index is 13.2. The van der Waals surface area contributed by atoms with Gasteiger partial charge < -0.3 is 19.8 Å². The van der Waals surface area contributed by atoms with E-state index in [0.29, 0.717) is 56.4 Å². The second-order valence-electron chi connectivity index (χ2n) is 8.83. The van der Waals surface area contributed by atoms with Gasteiger partial charge in [0.15, 0.2) is 0 Å². The van der Waals surface area contributed by atoms with Crippen LogP contribution in [-0.4, -0.2) is 91.5 Å². The van der Waals surface area contributed by atoms with Crippen molar-refractivity contribution in [3.63, 3.8) is 0 Å². The molecular weight excluding hydrogens is 450 g/mol. The summed E-state index contributed by atoms with van der Waals surface area (Å²) in [4.78, 5) is 4.66. The van der Waals surface area contributed by atoms with E-state index in [1.54, 1.807) is 34.0 Å². The Bertz CT molecular complexity index is 1000. The van der Waals surface area contributed by atoms with Crippen LogP contribution in [0.5, 0.6) is 5.75 Å². The molecule has 2 bridgehead atoms. The van der Waals surface area contributed by atoms with Crippen LogP contribution in [0.3, 0.4) is 0 Å². The number of nitrogens with zero attached hydrogens (tertiary/aromatic N) is 3. The van der Waals surface area contributed by atoms with E-state index in [9.17, 15) is 18.6 Å². The quantitative estimate of drug-likeness (QED) is 0.672. The van der Waals surface area contributed by atoms with E-state index in [1.165, 1.54) is 11.3 Å². The van der Waals surface area contributed by atoms with Gasteiger partial charge in [0, 0.05) is 44.0 Å². The molecule has 0 saturated carbocycles. The molecule has 5 rings (SSSR count). The number of benzene rings is 1. The van der Waals surface area contributed by atoms with Gasteiger partial charge in [-0.1, -0.05) is 6.07 Å². The highest BCUT2D eigenvalue weighted by atomic mass is 32.2. The average Bonchev–Trinajstić information content (AvgIpc) is 3.31. The number of thiophene rings is 1. The topological polar surface area (TPSA) is 93.6 Å². The molecule has 3 aliphatic heterocycles. The van der Waals surface area contributed by atoms with Crippen molar-refractivity contribution in [3.05, 3.63) is 41.8 Å². The first-order valence-corrected chi connectivity index (χ1v) is 13.3. The lowest BCUT2D eigenvalue weighted by atomic mass is 9.91. The molecule has 3 aliphatic rings. The van der Waals surface area contributed by atoms with Gasteiger partial charge in [0.05, 0.1) is 25.4 Å². The van der Waals surface area contributed by atoms with Gasteiger partial charge in [-0.05, 0) is 48.6 Å². The number of aliphatic hydroxyl groups is 1. The Morgan fingerprint density at radius 2 is 1.78 bits per heavy atom. The number of hydrogen-bond donors (Lipinski definition) is 2. The van der Waals surface area contributed by atoms with Crippen LogP contribution in [0.15, 0.2) is 46.0 Å².